The van der Waals surface area contributed by atoms with Crippen molar-refractivity contribution >= 4 is 17.6 Å². The molecule has 0 aliphatic carbocycles. The molecule has 1 aromatic rings. The Morgan fingerprint density at radius 1 is 1.55 bits per heavy atom. The van der Waals surface area contributed by atoms with Gasteiger partial charge < -0.3 is 14.8 Å². The van der Waals surface area contributed by atoms with Gasteiger partial charge in [-0.05, 0) is 32.4 Å². The summed E-state index contributed by atoms with van der Waals surface area (Å²) in [6.45, 7) is 3.50. The molecule has 122 valence electrons. The van der Waals surface area contributed by atoms with Crippen molar-refractivity contribution in [2.45, 2.75) is 25.9 Å². The van der Waals surface area contributed by atoms with Gasteiger partial charge >= 0.3 is 5.97 Å². The average molecular weight is 330 g/mol. The van der Waals surface area contributed by atoms with Crippen molar-refractivity contribution in [2.75, 3.05) is 26.3 Å². The molecule has 2 rings (SSSR count). The van der Waals surface area contributed by atoms with E-state index in [1.807, 2.05) is 0 Å². The van der Waals surface area contributed by atoms with Crippen molar-refractivity contribution < 1.29 is 18.7 Å². The second-order valence-corrected chi connectivity index (χ2v) is 5.69. The number of ether oxygens (including phenoxy) is 2. The molecule has 4 nitrogen and oxygen atoms in total. The summed E-state index contributed by atoms with van der Waals surface area (Å²) in [5.74, 6) is -0.835. The fraction of sp³-hybridized carbons (Fsp3) is 0.562. The molecule has 1 heterocycles. The highest BCUT2D eigenvalue weighted by Crippen LogP contribution is 2.34. The number of benzene rings is 1. The number of halogens is 2. The number of esters is 1. The van der Waals surface area contributed by atoms with Crippen LogP contribution in [-0.2, 0) is 14.3 Å². The topological polar surface area (TPSA) is 47.6 Å². The molecule has 1 aliphatic rings. The summed E-state index contributed by atoms with van der Waals surface area (Å²) in [6, 6.07) is 4.85. The van der Waals surface area contributed by atoms with Crippen LogP contribution in [0.4, 0.5) is 4.39 Å². The molecule has 1 aromatic carbocycles. The number of nitrogens with one attached hydrogen (secondary N) is 1. The zero-order chi connectivity index (χ0) is 15.9. The van der Waals surface area contributed by atoms with Crippen molar-refractivity contribution in [3.05, 3.63) is 34.6 Å². The van der Waals surface area contributed by atoms with Gasteiger partial charge in [-0.25, -0.2) is 9.18 Å². The number of hydrogen-bond donors (Lipinski definition) is 1. The van der Waals surface area contributed by atoms with Crippen LogP contribution < -0.4 is 5.32 Å². The summed E-state index contributed by atoms with van der Waals surface area (Å²) in [6.07, 6.45) is 1.38. The van der Waals surface area contributed by atoms with Crippen molar-refractivity contribution in [1.29, 1.82) is 0 Å². The Balaban J connectivity index is 2.16. The number of piperidine rings is 1. The van der Waals surface area contributed by atoms with Gasteiger partial charge in [-0.1, -0.05) is 23.7 Å². The fourth-order valence-corrected chi connectivity index (χ4v) is 2.90. The van der Waals surface area contributed by atoms with Gasteiger partial charge in [0.05, 0.1) is 17.7 Å². The number of carbonyl (C=O) groups is 1. The quantitative estimate of drug-likeness (QED) is 0.815. The highest BCUT2D eigenvalue weighted by atomic mass is 35.5. The molecule has 22 heavy (non-hydrogen) atoms. The molecule has 1 saturated heterocycles. The molecule has 1 fully saturated rings. The van der Waals surface area contributed by atoms with Crippen LogP contribution in [-0.4, -0.2) is 32.3 Å². The molecule has 1 N–H and O–H groups in total. The lowest BCUT2D eigenvalue weighted by Gasteiger charge is -2.31. The van der Waals surface area contributed by atoms with E-state index >= 15 is 0 Å². The summed E-state index contributed by atoms with van der Waals surface area (Å²) in [5, 5.41) is 3.34. The summed E-state index contributed by atoms with van der Waals surface area (Å²) < 4.78 is 24.9. The van der Waals surface area contributed by atoms with E-state index < -0.39 is 17.9 Å². The van der Waals surface area contributed by atoms with E-state index in [0.717, 1.165) is 25.9 Å². The first-order valence-electron chi connectivity index (χ1n) is 7.55. The van der Waals surface area contributed by atoms with Crippen molar-refractivity contribution in [1.82, 2.24) is 5.32 Å². The molecule has 0 aromatic heterocycles. The molecule has 0 amide bonds. The average Bonchev–Trinajstić information content (AvgIpc) is 2.53. The van der Waals surface area contributed by atoms with E-state index in [9.17, 15) is 9.18 Å². The highest BCUT2D eigenvalue weighted by molar-refractivity contribution is 6.30. The summed E-state index contributed by atoms with van der Waals surface area (Å²) >= 11 is 5.87. The maximum atomic E-state index is 14.3. The van der Waals surface area contributed by atoms with Gasteiger partial charge in [-0.3, -0.25) is 0 Å². The molecule has 0 saturated carbocycles. The van der Waals surface area contributed by atoms with Gasteiger partial charge in [0.15, 0.2) is 0 Å². The zero-order valence-electron chi connectivity index (χ0n) is 12.6. The minimum atomic E-state index is -0.518. The first-order chi connectivity index (χ1) is 10.6. The second kappa shape index (κ2) is 8.46. The molecule has 0 bridgehead atoms. The smallest absolute Gasteiger partial charge is 0.332 e. The van der Waals surface area contributed by atoms with Gasteiger partial charge in [0, 0.05) is 18.0 Å². The lowest BCUT2D eigenvalue weighted by Crippen LogP contribution is -2.35. The van der Waals surface area contributed by atoms with Crippen LogP contribution in [0.25, 0.3) is 0 Å². The number of hydrogen-bond acceptors (Lipinski definition) is 4. The van der Waals surface area contributed by atoms with Gasteiger partial charge in [0.2, 0.25) is 0 Å². The Morgan fingerprint density at radius 3 is 3.05 bits per heavy atom. The largest absolute Gasteiger partial charge is 0.464 e. The lowest BCUT2D eigenvalue weighted by molar-refractivity contribution is -0.152. The first-order valence-corrected chi connectivity index (χ1v) is 7.93. The third-order valence-corrected chi connectivity index (χ3v) is 4.03. The normalized spacial score (nSPS) is 19.7. The predicted molar refractivity (Wildman–Crippen MR) is 82.3 cm³/mol. The number of rotatable bonds is 6. The van der Waals surface area contributed by atoms with Crippen LogP contribution >= 0.6 is 11.6 Å². The van der Waals surface area contributed by atoms with E-state index in [0.29, 0.717) is 12.2 Å². The molecular formula is C16H21ClFNO3. The number of carbonyl (C=O) groups excluding carboxylic acids is 1. The van der Waals surface area contributed by atoms with Crippen molar-refractivity contribution in [3.63, 3.8) is 0 Å². The van der Waals surface area contributed by atoms with Gasteiger partial charge in [-0.15, -0.1) is 0 Å². The fourth-order valence-electron chi connectivity index (χ4n) is 2.72. The minimum Gasteiger partial charge on any atom is -0.464 e. The van der Waals surface area contributed by atoms with Crippen LogP contribution in [0.1, 0.15) is 31.4 Å². The van der Waals surface area contributed by atoms with Gasteiger partial charge in [0.25, 0.3) is 0 Å². The minimum absolute atomic E-state index is 0.0611. The van der Waals surface area contributed by atoms with E-state index in [1.54, 1.807) is 19.1 Å². The molecule has 0 spiro atoms. The second-order valence-electron chi connectivity index (χ2n) is 5.29. The monoisotopic (exact) mass is 329 g/mol. The Kier molecular flexibility index (Phi) is 6.61. The van der Waals surface area contributed by atoms with Crippen molar-refractivity contribution in [2.24, 2.45) is 5.92 Å². The Labute approximate surface area is 134 Å². The Bertz CT molecular complexity index is 506. The van der Waals surface area contributed by atoms with Crippen LogP contribution in [0, 0.1) is 11.7 Å². The third kappa shape index (κ3) is 4.41. The predicted octanol–water partition coefficient (Wildman–Crippen LogP) is 3.10. The van der Waals surface area contributed by atoms with Crippen LogP contribution in [0.3, 0.4) is 0 Å². The SMILES string of the molecule is CCOC(=O)COC(c1cccc(Cl)c1F)C1CCCNC1. The van der Waals surface area contributed by atoms with Gasteiger partial charge in [0.1, 0.15) is 12.4 Å². The molecule has 6 heteroatoms. The molecule has 0 radical (unpaired) electrons. The molecule has 2 unspecified atom stereocenters. The third-order valence-electron chi connectivity index (χ3n) is 3.74. The lowest BCUT2D eigenvalue weighted by atomic mass is 9.89. The molecule has 1 aliphatic heterocycles. The van der Waals surface area contributed by atoms with Crippen molar-refractivity contribution in [3.8, 4) is 0 Å². The van der Waals surface area contributed by atoms with E-state index in [2.05, 4.69) is 5.32 Å². The Morgan fingerprint density at radius 2 is 2.36 bits per heavy atom. The van der Waals surface area contributed by atoms with Crippen LogP contribution in [0.15, 0.2) is 18.2 Å². The zero-order valence-corrected chi connectivity index (χ0v) is 13.4. The highest BCUT2D eigenvalue weighted by Gasteiger charge is 2.29. The summed E-state index contributed by atoms with van der Waals surface area (Å²) in [4.78, 5) is 11.5. The van der Waals surface area contributed by atoms with E-state index in [4.69, 9.17) is 21.1 Å². The standard InChI is InChI=1S/C16H21ClFNO3/c1-2-21-14(20)10-22-16(11-5-4-8-19-9-11)12-6-3-7-13(17)15(12)18/h3,6-7,11,16,19H,2,4-5,8-10H2,1H3. The maximum absolute atomic E-state index is 14.3. The summed E-state index contributed by atoms with van der Waals surface area (Å²) in [7, 11) is 0. The maximum Gasteiger partial charge on any atom is 0.332 e. The van der Waals surface area contributed by atoms with E-state index in [1.165, 1.54) is 6.07 Å². The van der Waals surface area contributed by atoms with E-state index in [-0.39, 0.29) is 17.5 Å². The molecular weight excluding hydrogens is 309 g/mol. The van der Waals surface area contributed by atoms with Crippen LogP contribution in [0.2, 0.25) is 5.02 Å². The van der Waals surface area contributed by atoms with Crippen LogP contribution in [0.5, 0.6) is 0 Å². The first kappa shape index (κ1) is 17.2. The van der Waals surface area contributed by atoms with Gasteiger partial charge in [-0.2, -0.15) is 0 Å². The molecule has 2 atom stereocenters. The Hall–Kier alpha value is -1.17. The summed E-state index contributed by atoms with van der Waals surface area (Å²) in [5.41, 5.74) is 0.394.